The number of carbonyl (C=O) groups is 1. The maximum atomic E-state index is 10.8. The Bertz CT molecular complexity index is 225. The van der Waals surface area contributed by atoms with Crippen LogP contribution in [0, 0.1) is 0 Å². The second kappa shape index (κ2) is 5.14. The third-order valence-corrected chi connectivity index (χ3v) is 1.57. The quantitative estimate of drug-likeness (QED) is 0.517. The van der Waals surface area contributed by atoms with Gasteiger partial charge in [-0.25, -0.2) is 4.79 Å². The largest absolute Gasteiger partial charge is 0.525 e. The SMILES string of the molecule is O=C(O[SiH3])c1ccccc1.[AlH3]. The highest BCUT2D eigenvalue weighted by atomic mass is 28.2. The molecular formula is C7H11AlO2Si. The standard InChI is InChI=1S/C7H8O2Si.Al.3H/c8-7(9-10)6-4-2-1-3-5-6;;;;/h1-5H,10H3;;;;. The van der Waals surface area contributed by atoms with Gasteiger partial charge in [0.15, 0.2) is 17.4 Å². The molecule has 0 heterocycles. The van der Waals surface area contributed by atoms with E-state index in [2.05, 4.69) is 4.43 Å². The molecule has 0 amide bonds. The van der Waals surface area contributed by atoms with Gasteiger partial charge in [-0.15, -0.1) is 0 Å². The van der Waals surface area contributed by atoms with E-state index in [-0.39, 0.29) is 23.3 Å². The molecule has 0 aliphatic heterocycles. The van der Waals surface area contributed by atoms with E-state index >= 15 is 0 Å². The van der Waals surface area contributed by atoms with Crippen molar-refractivity contribution in [3.8, 4) is 0 Å². The van der Waals surface area contributed by atoms with Gasteiger partial charge in [-0.3, -0.25) is 0 Å². The van der Waals surface area contributed by atoms with Crippen molar-refractivity contribution >= 4 is 33.8 Å². The maximum Gasteiger partial charge on any atom is 0.324 e. The molecule has 4 heteroatoms. The lowest BCUT2D eigenvalue weighted by molar-refractivity contribution is 0.0749. The molecule has 58 valence electrons. The first-order chi connectivity index (χ1) is 4.84. The van der Waals surface area contributed by atoms with E-state index in [1.54, 1.807) is 12.1 Å². The summed E-state index contributed by atoms with van der Waals surface area (Å²) in [6.07, 6.45) is 0. The molecule has 0 spiro atoms. The van der Waals surface area contributed by atoms with Crippen LogP contribution < -0.4 is 0 Å². The van der Waals surface area contributed by atoms with Crippen molar-refractivity contribution in [2.75, 3.05) is 0 Å². The smallest absolute Gasteiger partial charge is 0.324 e. The molecule has 0 aliphatic rings. The summed E-state index contributed by atoms with van der Waals surface area (Å²) in [5, 5.41) is 0. The second-order valence-electron chi connectivity index (χ2n) is 1.86. The molecule has 0 aromatic heterocycles. The number of hydrogen-bond donors (Lipinski definition) is 0. The first kappa shape index (κ1) is 10.4. The zero-order chi connectivity index (χ0) is 7.40. The third kappa shape index (κ3) is 2.89. The average molecular weight is 182 g/mol. The van der Waals surface area contributed by atoms with Gasteiger partial charge >= 0.3 is 5.97 Å². The molecule has 0 N–H and O–H groups in total. The Morgan fingerprint density at radius 1 is 1.27 bits per heavy atom. The van der Waals surface area contributed by atoms with E-state index in [9.17, 15) is 4.79 Å². The topological polar surface area (TPSA) is 26.3 Å². The zero-order valence-electron chi connectivity index (χ0n) is 5.70. The lowest BCUT2D eigenvalue weighted by atomic mass is 10.2. The lowest BCUT2D eigenvalue weighted by Gasteiger charge is -1.96. The van der Waals surface area contributed by atoms with E-state index in [0.29, 0.717) is 16.0 Å². The van der Waals surface area contributed by atoms with Crippen molar-refractivity contribution in [2.45, 2.75) is 0 Å². The Morgan fingerprint density at radius 2 is 1.82 bits per heavy atom. The molecule has 1 aromatic carbocycles. The summed E-state index contributed by atoms with van der Waals surface area (Å²) >= 11 is 0. The summed E-state index contributed by atoms with van der Waals surface area (Å²) in [6, 6.07) is 8.96. The van der Waals surface area contributed by atoms with Crippen LogP contribution >= 0.6 is 0 Å². The maximum absolute atomic E-state index is 10.8. The third-order valence-electron chi connectivity index (χ3n) is 1.19. The Hall–Kier alpha value is -0.561. The van der Waals surface area contributed by atoms with Gasteiger partial charge in [0.1, 0.15) is 0 Å². The van der Waals surface area contributed by atoms with Crippen molar-refractivity contribution in [2.24, 2.45) is 0 Å². The summed E-state index contributed by atoms with van der Waals surface area (Å²) in [5.74, 6) is -0.229. The average Bonchev–Trinajstić information content (AvgIpc) is 2.05. The highest BCUT2D eigenvalue weighted by Crippen LogP contribution is 1.98. The molecule has 2 nitrogen and oxygen atoms in total. The fourth-order valence-corrected chi connectivity index (χ4v) is 0.928. The zero-order valence-corrected chi connectivity index (χ0v) is 7.70. The summed E-state index contributed by atoms with van der Waals surface area (Å²) < 4.78 is 4.64. The van der Waals surface area contributed by atoms with Crippen LogP contribution in [-0.2, 0) is 4.43 Å². The Balaban J connectivity index is 0.000001000. The predicted molar refractivity (Wildman–Crippen MR) is 51.7 cm³/mol. The molecule has 0 radical (unpaired) electrons. The van der Waals surface area contributed by atoms with Crippen molar-refractivity contribution in [1.29, 1.82) is 0 Å². The highest BCUT2D eigenvalue weighted by Gasteiger charge is 1.99. The predicted octanol–water partition coefficient (Wildman–Crippen LogP) is -1.06. The Kier molecular flexibility index (Phi) is 4.88. The fourth-order valence-electron chi connectivity index (χ4n) is 0.692. The van der Waals surface area contributed by atoms with Crippen LogP contribution in [0.4, 0.5) is 0 Å². The van der Waals surface area contributed by atoms with Gasteiger partial charge in [0.05, 0.1) is 5.56 Å². The summed E-state index contributed by atoms with van der Waals surface area (Å²) in [4.78, 5) is 10.8. The summed E-state index contributed by atoms with van der Waals surface area (Å²) in [6.45, 7) is 0. The highest BCUT2D eigenvalue weighted by molar-refractivity contribution is 6.09. The molecule has 1 aromatic rings. The second-order valence-corrected chi connectivity index (χ2v) is 2.27. The van der Waals surface area contributed by atoms with Crippen LogP contribution in [0.25, 0.3) is 0 Å². The molecule has 0 fully saturated rings. The van der Waals surface area contributed by atoms with Gasteiger partial charge in [0.25, 0.3) is 0 Å². The van der Waals surface area contributed by atoms with Gasteiger partial charge in [-0.1, -0.05) is 18.2 Å². The summed E-state index contributed by atoms with van der Waals surface area (Å²) in [5.41, 5.74) is 0.623. The molecule has 1 rings (SSSR count). The van der Waals surface area contributed by atoms with E-state index in [0.717, 1.165) is 0 Å². The van der Waals surface area contributed by atoms with E-state index in [1.807, 2.05) is 18.2 Å². The van der Waals surface area contributed by atoms with Crippen molar-refractivity contribution in [3.05, 3.63) is 35.9 Å². The fraction of sp³-hybridized carbons (Fsp3) is 0. The van der Waals surface area contributed by atoms with E-state index in [4.69, 9.17) is 0 Å². The Morgan fingerprint density at radius 3 is 2.27 bits per heavy atom. The monoisotopic (exact) mass is 182 g/mol. The minimum Gasteiger partial charge on any atom is -0.525 e. The number of hydrogen-bond acceptors (Lipinski definition) is 2. The number of benzene rings is 1. The van der Waals surface area contributed by atoms with Gasteiger partial charge in [0, 0.05) is 0 Å². The molecular weight excluding hydrogens is 171 g/mol. The van der Waals surface area contributed by atoms with Crippen LogP contribution in [-0.4, -0.2) is 33.8 Å². The summed E-state index contributed by atoms with van der Waals surface area (Å²) in [7, 11) is 0.458. The first-order valence-corrected chi connectivity index (χ1v) is 3.79. The van der Waals surface area contributed by atoms with Crippen LogP contribution in [0.5, 0.6) is 0 Å². The molecule has 0 aliphatic carbocycles. The minimum absolute atomic E-state index is 0. The van der Waals surface area contributed by atoms with Gasteiger partial charge in [0.2, 0.25) is 10.5 Å². The van der Waals surface area contributed by atoms with Crippen LogP contribution in [0.15, 0.2) is 30.3 Å². The molecule has 11 heavy (non-hydrogen) atoms. The molecule has 0 unspecified atom stereocenters. The first-order valence-electron chi connectivity index (χ1n) is 2.98. The number of rotatable bonds is 1. The van der Waals surface area contributed by atoms with Crippen LogP contribution in [0.1, 0.15) is 10.4 Å². The minimum atomic E-state index is -0.229. The van der Waals surface area contributed by atoms with Crippen molar-refractivity contribution in [1.82, 2.24) is 0 Å². The normalized spacial score (nSPS) is 8.36. The van der Waals surface area contributed by atoms with Crippen LogP contribution in [0.3, 0.4) is 0 Å². The molecule has 0 saturated heterocycles. The molecule has 0 bridgehead atoms. The van der Waals surface area contributed by atoms with Gasteiger partial charge in [-0.05, 0) is 12.1 Å². The van der Waals surface area contributed by atoms with E-state index in [1.165, 1.54) is 0 Å². The number of carbonyl (C=O) groups excluding carboxylic acids is 1. The van der Waals surface area contributed by atoms with Crippen LogP contribution in [0.2, 0.25) is 0 Å². The van der Waals surface area contributed by atoms with Crippen molar-refractivity contribution < 1.29 is 9.22 Å². The van der Waals surface area contributed by atoms with Gasteiger partial charge < -0.3 is 4.43 Å². The van der Waals surface area contributed by atoms with E-state index < -0.39 is 0 Å². The lowest BCUT2D eigenvalue weighted by Crippen LogP contribution is -2.00. The van der Waals surface area contributed by atoms with Gasteiger partial charge in [-0.2, -0.15) is 0 Å². The van der Waals surface area contributed by atoms with Crippen molar-refractivity contribution in [3.63, 3.8) is 0 Å². The molecule has 0 atom stereocenters. The Labute approximate surface area is 79.2 Å². The molecule has 0 saturated carbocycles.